The van der Waals surface area contributed by atoms with Crippen LogP contribution < -0.4 is 10.5 Å². The third-order valence-corrected chi connectivity index (χ3v) is 4.67. The van der Waals surface area contributed by atoms with Gasteiger partial charge in [0.15, 0.2) is 11.6 Å². The number of hydrogen-bond acceptors (Lipinski definition) is 4. The number of aryl methyl sites for hydroxylation is 1. The van der Waals surface area contributed by atoms with Gasteiger partial charge in [-0.15, -0.1) is 0 Å². The van der Waals surface area contributed by atoms with Gasteiger partial charge in [0.2, 0.25) is 0 Å². The van der Waals surface area contributed by atoms with E-state index in [4.69, 9.17) is 15.0 Å². The van der Waals surface area contributed by atoms with E-state index < -0.39 is 0 Å². The number of benzene rings is 1. The highest BCUT2D eigenvalue weighted by molar-refractivity contribution is 5.77. The highest BCUT2D eigenvalue weighted by atomic mass is 16.5. The first-order chi connectivity index (χ1) is 10.0. The number of nitrogens with zero attached hydrogens (tertiary/aromatic N) is 1. The standard InChI is InChI=1S/C17H22N2O2/c1-11-6-7-12(10-13(11)20-3)14-15(21-19-16(14)18)17(2)8-4-5-9-17/h6-7,10H,4-5,8-9H2,1-3H3,(H2,18,19). The summed E-state index contributed by atoms with van der Waals surface area (Å²) in [5.74, 6) is 2.24. The van der Waals surface area contributed by atoms with Gasteiger partial charge in [0, 0.05) is 5.41 Å². The molecule has 2 N–H and O–H groups in total. The molecule has 1 heterocycles. The van der Waals surface area contributed by atoms with Gasteiger partial charge in [0.05, 0.1) is 12.7 Å². The predicted molar refractivity (Wildman–Crippen MR) is 83.5 cm³/mol. The van der Waals surface area contributed by atoms with E-state index in [-0.39, 0.29) is 5.41 Å². The minimum absolute atomic E-state index is 0.0398. The van der Waals surface area contributed by atoms with Crippen LogP contribution in [0.5, 0.6) is 5.75 Å². The summed E-state index contributed by atoms with van der Waals surface area (Å²) >= 11 is 0. The molecule has 1 aliphatic rings. The fraction of sp³-hybridized carbons (Fsp3) is 0.471. The Kier molecular flexibility index (Phi) is 3.40. The summed E-state index contributed by atoms with van der Waals surface area (Å²) in [6, 6.07) is 6.12. The summed E-state index contributed by atoms with van der Waals surface area (Å²) < 4.78 is 11.0. The van der Waals surface area contributed by atoms with Gasteiger partial charge in [0.1, 0.15) is 5.75 Å². The van der Waals surface area contributed by atoms with Crippen molar-refractivity contribution in [2.24, 2.45) is 0 Å². The van der Waals surface area contributed by atoms with Crippen molar-refractivity contribution in [2.45, 2.75) is 44.9 Å². The van der Waals surface area contributed by atoms with Gasteiger partial charge in [-0.2, -0.15) is 0 Å². The second-order valence-corrected chi connectivity index (χ2v) is 6.22. The molecule has 0 atom stereocenters. The third-order valence-electron chi connectivity index (χ3n) is 4.67. The van der Waals surface area contributed by atoms with Crippen LogP contribution in [-0.2, 0) is 5.41 Å². The molecule has 1 saturated carbocycles. The lowest BCUT2D eigenvalue weighted by Crippen LogP contribution is -2.17. The van der Waals surface area contributed by atoms with Crippen LogP contribution in [-0.4, -0.2) is 12.3 Å². The van der Waals surface area contributed by atoms with Crippen LogP contribution in [0.2, 0.25) is 0 Å². The Labute approximate surface area is 125 Å². The van der Waals surface area contributed by atoms with Crippen molar-refractivity contribution < 1.29 is 9.26 Å². The highest BCUT2D eigenvalue weighted by Gasteiger charge is 2.37. The number of rotatable bonds is 3. The zero-order valence-electron chi connectivity index (χ0n) is 12.9. The molecule has 0 bridgehead atoms. The molecule has 1 aromatic carbocycles. The van der Waals surface area contributed by atoms with Crippen LogP contribution in [0, 0.1) is 6.92 Å². The van der Waals surface area contributed by atoms with Crippen molar-refractivity contribution in [1.82, 2.24) is 5.16 Å². The fourth-order valence-corrected chi connectivity index (χ4v) is 3.35. The number of anilines is 1. The Morgan fingerprint density at radius 3 is 2.67 bits per heavy atom. The number of nitrogen functional groups attached to an aromatic ring is 1. The first-order valence-corrected chi connectivity index (χ1v) is 7.46. The van der Waals surface area contributed by atoms with E-state index in [0.29, 0.717) is 5.82 Å². The van der Waals surface area contributed by atoms with Gasteiger partial charge in [0.25, 0.3) is 0 Å². The van der Waals surface area contributed by atoms with Crippen molar-refractivity contribution in [2.75, 3.05) is 12.8 Å². The quantitative estimate of drug-likeness (QED) is 0.923. The monoisotopic (exact) mass is 286 g/mol. The van der Waals surface area contributed by atoms with Crippen LogP contribution in [0.25, 0.3) is 11.1 Å². The van der Waals surface area contributed by atoms with Gasteiger partial charge in [-0.1, -0.05) is 37.1 Å². The van der Waals surface area contributed by atoms with Gasteiger partial charge in [-0.05, 0) is 37.0 Å². The van der Waals surface area contributed by atoms with E-state index >= 15 is 0 Å². The average Bonchev–Trinajstić information content (AvgIpc) is 3.07. The second-order valence-electron chi connectivity index (χ2n) is 6.22. The zero-order valence-corrected chi connectivity index (χ0v) is 12.9. The van der Waals surface area contributed by atoms with Gasteiger partial charge < -0.3 is 15.0 Å². The predicted octanol–water partition coefficient (Wildman–Crippen LogP) is 4.07. The molecule has 0 radical (unpaired) electrons. The van der Waals surface area contributed by atoms with E-state index in [1.807, 2.05) is 19.1 Å². The molecule has 0 amide bonds. The molecule has 2 aromatic rings. The lowest BCUT2D eigenvalue weighted by molar-refractivity contribution is 0.307. The molecular weight excluding hydrogens is 264 g/mol. The summed E-state index contributed by atoms with van der Waals surface area (Å²) in [4.78, 5) is 0. The first kappa shape index (κ1) is 14.0. The van der Waals surface area contributed by atoms with E-state index in [9.17, 15) is 0 Å². The van der Waals surface area contributed by atoms with Crippen LogP contribution in [0.3, 0.4) is 0 Å². The van der Waals surface area contributed by atoms with Crippen molar-refractivity contribution >= 4 is 5.82 Å². The summed E-state index contributed by atoms with van der Waals surface area (Å²) in [7, 11) is 1.68. The highest BCUT2D eigenvalue weighted by Crippen LogP contribution is 2.46. The summed E-state index contributed by atoms with van der Waals surface area (Å²) in [5.41, 5.74) is 9.17. The Balaban J connectivity index is 2.12. The lowest BCUT2D eigenvalue weighted by atomic mass is 9.82. The molecule has 112 valence electrons. The summed E-state index contributed by atoms with van der Waals surface area (Å²) in [6.07, 6.45) is 4.71. The third kappa shape index (κ3) is 2.28. The van der Waals surface area contributed by atoms with E-state index in [0.717, 1.165) is 41.0 Å². The SMILES string of the molecule is COc1cc(-c2c(N)noc2C2(C)CCCC2)ccc1C. The largest absolute Gasteiger partial charge is 0.496 e. The molecule has 0 saturated heterocycles. The minimum Gasteiger partial charge on any atom is -0.496 e. The molecule has 1 aromatic heterocycles. The molecule has 4 heteroatoms. The molecule has 3 rings (SSSR count). The van der Waals surface area contributed by atoms with E-state index in [1.165, 1.54) is 12.8 Å². The topological polar surface area (TPSA) is 61.3 Å². The maximum atomic E-state index is 6.08. The number of hydrogen-bond donors (Lipinski definition) is 1. The van der Waals surface area contributed by atoms with E-state index in [1.54, 1.807) is 7.11 Å². The van der Waals surface area contributed by atoms with Crippen molar-refractivity contribution in [3.8, 4) is 16.9 Å². The molecule has 0 unspecified atom stereocenters. The Hall–Kier alpha value is -1.97. The smallest absolute Gasteiger partial charge is 0.175 e. The first-order valence-electron chi connectivity index (χ1n) is 7.46. The molecule has 0 aliphatic heterocycles. The molecule has 21 heavy (non-hydrogen) atoms. The van der Waals surface area contributed by atoms with E-state index in [2.05, 4.69) is 18.1 Å². The molecule has 1 aliphatic carbocycles. The summed E-state index contributed by atoms with van der Waals surface area (Å²) in [5, 5.41) is 4.02. The van der Waals surface area contributed by atoms with Crippen LogP contribution in [0.1, 0.15) is 43.9 Å². The zero-order chi connectivity index (χ0) is 15.0. The minimum atomic E-state index is 0.0398. The number of aromatic nitrogens is 1. The molecule has 1 fully saturated rings. The maximum Gasteiger partial charge on any atom is 0.175 e. The van der Waals surface area contributed by atoms with Crippen molar-refractivity contribution in [3.05, 3.63) is 29.5 Å². The maximum absolute atomic E-state index is 6.08. The lowest BCUT2D eigenvalue weighted by Gasteiger charge is -2.21. The Morgan fingerprint density at radius 2 is 2.00 bits per heavy atom. The molecule has 4 nitrogen and oxygen atoms in total. The summed E-state index contributed by atoms with van der Waals surface area (Å²) in [6.45, 7) is 4.27. The average molecular weight is 286 g/mol. The molecule has 0 spiro atoms. The van der Waals surface area contributed by atoms with Crippen molar-refractivity contribution in [3.63, 3.8) is 0 Å². The van der Waals surface area contributed by atoms with Crippen LogP contribution in [0.15, 0.2) is 22.7 Å². The number of methoxy groups -OCH3 is 1. The Bertz CT molecular complexity index is 655. The second kappa shape index (κ2) is 5.10. The normalized spacial score (nSPS) is 17.1. The van der Waals surface area contributed by atoms with Crippen LogP contribution >= 0.6 is 0 Å². The Morgan fingerprint density at radius 1 is 1.29 bits per heavy atom. The van der Waals surface area contributed by atoms with Crippen molar-refractivity contribution in [1.29, 1.82) is 0 Å². The van der Waals surface area contributed by atoms with Gasteiger partial charge in [-0.25, -0.2) is 0 Å². The van der Waals surface area contributed by atoms with Gasteiger partial charge >= 0.3 is 0 Å². The van der Waals surface area contributed by atoms with Crippen LogP contribution in [0.4, 0.5) is 5.82 Å². The molecular formula is C17H22N2O2. The number of nitrogens with two attached hydrogens (primary N) is 1. The van der Waals surface area contributed by atoms with Gasteiger partial charge in [-0.3, -0.25) is 0 Å². The fourth-order valence-electron chi connectivity index (χ4n) is 3.35. The number of ether oxygens (including phenoxy) is 1.